The average molecular weight is 558 g/mol. The van der Waals surface area contributed by atoms with Gasteiger partial charge in [0.2, 0.25) is 11.8 Å². The van der Waals surface area contributed by atoms with Crippen LogP contribution >= 0.6 is 0 Å². The lowest BCUT2D eigenvalue weighted by atomic mass is 9.95. The number of carbonyl (C=O) groups is 4. The van der Waals surface area contributed by atoms with Crippen molar-refractivity contribution in [2.75, 3.05) is 39.3 Å². The molecule has 2 heterocycles. The van der Waals surface area contributed by atoms with Gasteiger partial charge in [0.25, 0.3) is 0 Å². The molecule has 1 unspecified atom stereocenters. The number of likely N-dealkylation sites (tertiary alicyclic amines) is 2. The molecule has 0 radical (unpaired) electrons. The summed E-state index contributed by atoms with van der Waals surface area (Å²) >= 11 is 0. The molecule has 0 bridgehead atoms. The van der Waals surface area contributed by atoms with Gasteiger partial charge in [0, 0.05) is 32.7 Å². The van der Waals surface area contributed by atoms with Crippen molar-refractivity contribution in [1.82, 2.24) is 15.1 Å². The van der Waals surface area contributed by atoms with Crippen LogP contribution in [0.5, 0.6) is 0 Å². The minimum absolute atomic E-state index is 0.0126. The lowest BCUT2D eigenvalue weighted by Gasteiger charge is -2.33. The van der Waals surface area contributed by atoms with Crippen molar-refractivity contribution in [3.8, 4) is 0 Å². The second-order valence-corrected chi connectivity index (χ2v) is 11.6. The number of carbonyl (C=O) groups excluding carboxylic acids is 3. The molecule has 0 aromatic heterocycles. The Morgan fingerprint density at radius 2 is 1.75 bits per heavy atom. The van der Waals surface area contributed by atoms with Crippen molar-refractivity contribution in [3.63, 3.8) is 0 Å². The van der Waals surface area contributed by atoms with Crippen LogP contribution in [0.15, 0.2) is 42.5 Å². The van der Waals surface area contributed by atoms with Crippen molar-refractivity contribution >= 4 is 23.9 Å². The Bertz CT molecular complexity index is 1030. The molecule has 2 atom stereocenters. The summed E-state index contributed by atoms with van der Waals surface area (Å²) in [6.07, 6.45) is 6.04. The molecular weight excluding hydrogens is 514 g/mol. The summed E-state index contributed by atoms with van der Waals surface area (Å²) in [4.78, 5) is 53.0. The number of rotatable bonds is 10. The van der Waals surface area contributed by atoms with Gasteiger partial charge in [0.15, 0.2) is 0 Å². The van der Waals surface area contributed by atoms with E-state index in [2.05, 4.69) is 5.32 Å². The molecule has 10 nitrogen and oxygen atoms in total. The number of aliphatic carboxylic acids is 1. The first-order chi connectivity index (χ1) is 19.0. The SMILES string of the molecule is CC(C)(C)OC(=O)N1CCC(/C=C/C(=O)N2CCC[C@@H](C(=O)NCC(COCc3ccccc3)C(=O)O)C2)CC1. The van der Waals surface area contributed by atoms with E-state index in [1.165, 1.54) is 0 Å². The standard InChI is InChI=1S/C30H43N3O7/c1-30(2,3)40-29(38)32-16-13-22(14-17-32)11-12-26(34)33-15-7-10-24(19-33)27(35)31-18-25(28(36)37)21-39-20-23-8-5-4-6-9-23/h4-6,8-9,11-12,22,24-25H,7,10,13-21H2,1-3H3,(H,31,35)(H,36,37)/b12-11+/t24-,25?/m1/s1. The van der Waals surface area contributed by atoms with Crippen LogP contribution in [0.3, 0.4) is 0 Å². The minimum Gasteiger partial charge on any atom is -0.481 e. The maximum absolute atomic E-state index is 12.9. The Labute approximate surface area is 236 Å². The van der Waals surface area contributed by atoms with Gasteiger partial charge in [-0.15, -0.1) is 0 Å². The normalized spacial score (nSPS) is 19.3. The zero-order chi connectivity index (χ0) is 29.1. The van der Waals surface area contributed by atoms with Crippen LogP contribution in [-0.4, -0.2) is 83.7 Å². The fourth-order valence-corrected chi connectivity index (χ4v) is 4.80. The minimum atomic E-state index is -1.03. The van der Waals surface area contributed by atoms with E-state index in [1.54, 1.807) is 15.9 Å². The van der Waals surface area contributed by atoms with E-state index in [4.69, 9.17) is 9.47 Å². The summed E-state index contributed by atoms with van der Waals surface area (Å²) in [6.45, 7) is 7.83. The molecule has 0 spiro atoms. The topological polar surface area (TPSA) is 125 Å². The Morgan fingerprint density at radius 3 is 2.40 bits per heavy atom. The number of piperidine rings is 2. The summed E-state index contributed by atoms with van der Waals surface area (Å²) in [5, 5.41) is 12.3. The molecule has 10 heteroatoms. The number of hydrogen-bond acceptors (Lipinski definition) is 6. The Morgan fingerprint density at radius 1 is 1.05 bits per heavy atom. The quantitative estimate of drug-likeness (QED) is 0.422. The number of nitrogens with one attached hydrogen (secondary N) is 1. The molecule has 3 amide bonds. The van der Waals surface area contributed by atoms with Crippen molar-refractivity contribution in [2.24, 2.45) is 17.8 Å². The van der Waals surface area contributed by atoms with Gasteiger partial charge in [0.05, 0.1) is 25.0 Å². The first-order valence-corrected chi connectivity index (χ1v) is 14.1. The Hall–Kier alpha value is -3.40. The molecule has 40 heavy (non-hydrogen) atoms. The number of amides is 3. The smallest absolute Gasteiger partial charge is 0.410 e. The van der Waals surface area contributed by atoms with Crippen LogP contribution in [0.2, 0.25) is 0 Å². The maximum atomic E-state index is 12.9. The van der Waals surface area contributed by atoms with Crippen molar-refractivity contribution in [1.29, 1.82) is 0 Å². The number of carboxylic acids is 1. The fourth-order valence-electron chi connectivity index (χ4n) is 4.80. The number of benzene rings is 1. The van der Waals surface area contributed by atoms with Gasteiger partial charge in [-0.05, 0) is 64.0 Å². The second kappa shape index (κ2) is 14.8. The molecule has 0 saturated carbocycles. The lowest BCUT2D eigenvalue weighted by Crippen LogP contribution is -2.46. The van der Waals surface area contributed by atoms with E-state index in [-0.39, 0.29) is 42.9 Å². The van der Waals surface area contributed by atoms with Crippen LogP contribution in [0.1, 0.15) is 52.0 Å². The van der Waals surface area contributed by atoms with Crippen molar-refractivity contribution in [3.05, 3.63) is 48.0 Å². The molecule has 2 fully saturated rings. The lowest BCUT2D eigenvalue weighted by molar-refractivity contribution is -0.144. The zero-order valence-corrected chi connectivity index (χ0v) is 23.8. The second-order valence-electron chi connectivity index (χ2n) is 11.6. The molecule has 3 rings (SSSR count). The van der Waals surface area contributed by atoms with Crippen LogP contribution in [-0.2, 0) is 30.5 Å². The van der Waals surface area contributed by atoms with E-state index >= 15 is 0 Å². The van der Waals surface area contributed by atoms with Gasteiger partial charge in [-0.3, -0.25) is 14.4 Å². The van der Waals surface area contributed by atoms with Crippen LogP contribution in [0.25, 0.3) is 0 Å². The van der Waals surface area contributed by atoms with Crippen molar-refractivity contribution < 1.29 is 33.8 Å². The number of allylic oxidation sites excluding steroid dienone is 1. The maximum Gasteiger partial charge on any atom is 0.410 e. The highest BCUT2D eigenvalue weighted by atomic mass is 16.6. The molecular formula is C30H43N3O7. The number of nitrogens with zero attached hydrogens (tertiary/aromatic N) is 2. The van der Waals surface area contributed by atoms with Gasteiger partial charge in [-0.1, -0.05) is 36.4 Å². The molecule has 2 N–H and O–H groups in total. The van der Waals surface area contributed by atoms with E-state index in [0.717, 1.165) is 18.4 Å². The molecule has 1 aromatic rings. The summed E-state index contributed by atoms with van der Waals surface area (Å²) in [5.74, 6) is -2.46. The van der Waals surface area contributed by atoms with E-state index in [9.17, 15) is 24.3 Å². The summed E-state index contributed by atoms with van der Waals surface area (Å²) in [5.41, 5.74) is 0.418. The van der Waals surface area contributed by atoms with Crippen LogP contribution in [0, 0.1) is 17.8 Å². The molecule has 0 aliphatic carbocycles. The number of ether oxygens (including phenoxy) is 2. The highest BCUT2D eigenvalue weighted by Crippen LogP contribution is 2.22. The van der Waals surface area contributed by atoms with E-state index in [0.29, 0.717) is 45.6 Å². The van der Waals surface area contributed by atoms with E-state index < -0.39 is 17.5 Å². The van der Waals surface area contributed by atoms with Gasteiger partial charge in [-0.2, -0.15) is 0 Å². The highest BCUT2D eigenvalue weighted by molar-refractivity contribution is 5.88. The van der Waals surface area contributed by atoms with Gasteiger partial charge in [-0.25, -0.2) is 4.79 Å². The Kier molecular flexibility index (Phi) is 11.5. The molecule has 2 aliphatic rings. The van der Waals surface area contributed by atoms with Crippen molar-refractivity contribution in [2.45, 2.75) is 58.7 Å². The molecule has 1 aromatic carbocycles. The molecule has 220 valence electrons. The largest absolute Gasteiger partial charge is 0.481 e. The highest BCUT2D eigenvalue weighted by Gasteiger charge is 2.30. The predicted molar refractivity (Wildman–Crippen MR) is 149 cm³/mol. The third-order valence-corrected chi connectivity index (χ3v) is 7.11. The Balaban J connectivity index is 1.40. The third kappa shape index (κ3) is 10.3. The van der Waals surface area contributed by atoms with Gasteiger partial charge < -0.3 is 29.7 Å². The van der Waals surface area contributed by atoms with Crippen LogP contribution in [0.4, 0.5) is 4.79 Å². The summed E-state index contributed by atoms with van der Waals surface area (Å²) < 4.78 is 11.0. The zero-order valence-electron chi connectivity index (χ0n) is 23.8. The van der Waals surface area contributed by atoms with Crippen LogP contribution < -0.4 is 5.32 Å². The summed E-state index contributed by atoms with van der Waals surface area (Å²) in [6, 6.07) is 9.48. The van der Waals surface area contributed by atoms with Gasteiger partial charge in [0.1, 0.15) is 5.60 Å². The first kappa shape index (κ1) is 31.1. The van der Waals surface area contributed by atoms with E-state index in [1.807, 2.05) is 57.2 Å². The molecule has 2 aliphatic heterocycles. The van der Waals surface area contributed by atoms with Gasteiger partial charge >= 0.3 is 12.1 Å². The average Bonchev–Trinajstić information content (AvgIpc) is 2.93. The first-order valence-electron chi connectivity index (χ1n) is 14.1. The monoisotopic (exact) mass is 557 g/mol. The predicted octanol–water partition coefficient (Wildman–Crippen LogP) is 3.46. The third-order valence-electron chi connectivity index (χ3n) is 7.11. The summed E-state index contributed by atoms with van der Waals surface area (Å²) in [7, 11) is 0. The fraction of sp³-hybridized carbons (Fsp3) is 0.600. The number of hydrogen-bond donors (Lipinski definition) is 2. The molecule has 2 saturated heterocycles. The number of carboxylic acid groups (broad SMARTS) is 1.